The van der Waals surface area contributed by atoms with Gasteiger partial charge < -0.3 is 0 Å². The number of benzene rings is 2. The number of alkyl halides is 3. The van der Waals surface area contributed by atoms with E-state index < -0.39 is 12.2 Å². The number of hydrogen-bond acceptors (Lipinski definition) is 2. The Hall–Kier alpha value is -2.08. The molecule has 1 saturated heterocycles. The topological polar surface area (TPSA) is 32.3 Å². The summed E-state index contributed by atoms with van der Waals surface area (Å²) in [6, 6.07) is 8.99. The molecule has 1 N–H and O–H groups in total. The molecular weight excluding hydrogens is 401 g/mol. The number of nitrogens with one attached hydrogen (secondary N) is 1. The fourth-order valence-corrected chi connectivity index (χ4v) is 4.54. The van der Waals surface area contributed by atoms with Crippen molar-refractivity contribution < 1.29 is 18.0 Å². The fraction of sp³-hybridized carbons (Fsp3) is 0.560. The third kappa shape index (κ3) is 6.22. The third-order valence-electron chi connectivity index (χ3n) is 6.09. The number of carbonyl (C=O) groups is 1. The summed E-state index contributed by atoms with van der Waals surface area (Å²) in [6.45, 7) is 2.26. The largest absolute Gasteiger partial charge is 0.409 e. The van der Waals surface area contributed by atoms with Crippen molar-refractivity contribution in [2.75, 3.05) is 6.54 Å². The van der Waals surface area contributed by atoms with E-state index in [4.69, 9.17) is 0 Å². The molecule has 1 heterocycles. The van der Waals surface area contributed by atoms with Crippen LogP contribution in [0.5, 0.6) is 0 Å². The van der Waals surface area contributed by atoms with E-state index in [0.29, 0.717) is 5.39 Å². The highest BCUT2D eigenvalue weighted by molar-refractivity contribution is 5.89. The van der Waals surface area contributed by atoms with E-state index in [1.807, 2.05) is 24.3 Å². The molecule has 1 atom stereocenters. The highest BCUT2D eigenvalue weighted by Gasteiger charge is 2.47. The molecule has 1 aliphatic rings. The zero-order valence-electron chi connectivity index (χ0n) is 18.3. The molecular formula is C25H33F3N2O. The minimum absolute atomic E-state index is 0.0552. The van der Waals surface area contributed by atoms with Crippen molar-refractivity contribution in [3.05, 3.63) is 47.5 Å². The molecule has 1 aliphatic heterocycles. The quantitative estimate of drug-likeness (QED) is 0.392. The number of nitrogens with zero attached hydrogens (tertiary/aromatic N) is 1. The number of hydrazine groups is 1. The zero-order chi connectivity index (χ0) is 22.3. The molecule has 0 radical (unpaired) electrons. The van der Waals surface area contributed by atoms with E-state index in [-0.39, 0.29) is 24.4 Å². The summed E-state index contributed by atoms with van der Waals surface area (Å²) in [5.74, 6) is -0.367. The van der Waals surface area contributed by atoms with Crippen molar-refractivity contribution >= 4 is 16.7 Å². The van der Waals surface area contributed by atoms with E-state index in [2.05, 4.69) is 12.3 Å². The number of amides is 1. The normalized spacial score (nSPS) is 16.1. The molecule has 31 heavy (non-hydrogen) atoms. The SMILES string of the molecule is CCCCCCCCCCc1cccc2cccc(C(N3CCC(=O)N3)C(F)(F)F)c12. The van der Waals surface area contributed by atoms with Gasteiger partial charge in [0.25, 0.3) is 0 Å². The highest BCUT2D eigenvalue weighted by Crippen LogP contribution is 2.41. The van der Waals surface area contributed by atoms with Crippen LogP contribution in [-0.4, -0.2) is 23.6 Å². The van der Waals surface area contributed by atoms with Gasteiger partial charge in [0.1, 0.15) is 0 Å². The van der Waals surface area contributed by atoms with Gasteiger partial charge in [0.05, 0.1) is 0 Å². The molecule has 3 rings (SSSR count). The third-order valence-corrected chi connectivity index (χ3v) is 6.09. The summed E-state index contributed by atoms with van der Waals surface area (Å²) < 4.78 is 42.4. The van der Waals surface area contributed by atoms with Crippen molar-refractivity contribution in [1.29, 1.82) is 0 Å². The summed E-state index contributed by atoms with van der Waals surface area (Å²) in [6.07, 6.45) is 5.91. The summed E-state index contributed by atoms with van der Waals surface area (Å²) in [5.41, 5.74) is 3.58. The Labute approximate surface area is 183 Å². The Morgan fingerprint density at radius 1 is 0.968 bits per heavy atom. The van der Waals surface area contributed by atoms with Gasteiger partial charge in [0.15, 0.2) is 6.04 Å². The van der Waals surface area contributed by atoms with Crippen molar-refractivity contribution in [2.24, 2.45) is 0 Å². The van der Waals surface area contributed by atoms with E-state index in [1.54, 1.807) is 12.1 Å². The molecule has 0 bridgehead atoms. The Balaban J connectivity index is 1.78. The lowest BCUT2D eigenvalue weighted by molar-refractivity contribution is -0.190. The van der Waals surface area contributed by atoms with Crippen LogP contribution < -0.4 is 5.43 Å². The minimum atomic E-state index is -4.49. The first kappa shape index (κ1) is 23.6. The Morgan fingerprint density at radius 3 is 2.23 bits per heavy atom. The lowest BCUT2D eigenvalue weighted by Crippen LogP contribution is -2.43. The van der Waals surface area contributed by atoms with Crippen LogP contribution >= 0.6 is 0 Å². The van der Waals surface area contributed by atoms with Crippen molar-refractivity contribution in [1.82, 2.24) is 10.4 Å². The maximum atomic E-state index is 14.1. The highest BCUT2D eigenvalue weighted by atomic mass is 19.4. The van der Waals surface area contributed by atoms with Gasteiger partial charge in [-0.3, -0.25) is 10.2 Å². The molecule has 1 unspecified atom stereocenters. The Bertz CT molecular complexity index is 860. The van der Waals surface area contributed by atoms with E-state index >= 15 is 0 Å². The van der Waals surface area contributed by atoms with Gasteiger partial charge in [-0.25, -0.2) is 5.01 Å². The number of aryl methyl sites for hydroxylation is 1. The molecule has 1 fully saturated rings. The zero-order valence-corrected chi connectivity index (χ0v) is 18.3. The number of fused-ring (bicyclic) bond motifs is 1. The van der Waals surface area contributed by atoms with E-state index in [9.17, 15) is 18.0 Å². The van der Waals surface area contributed by atoms with Gasteiger partial charge >= 0.3 is 6.18 Å². The molecule has 6 heteroatoms. The number of carbonyl (C=O) groups excluding carboxylic acids is 1. The van der Waals surface area contributed by atoms with Gasteiger partial charge in [-0.05, 0) is 34.7 Å². The molecule has 3 nitrogen and oxygen atoms in total. The molecule has 0 aromatic heterocycles. The standard InChI is InChI=1S/C25H33F3N2O/c1-2-3-4-5-6-7-8-9-12-19-13-10-14-20-15-11-16-21(23(19)20)24(25(26,27)28)30-18-17-22(31)29-30/h10-11,13-16,24H,2-9,12,17-18H2,1H3,(H,29,31). The van der Waals surface area contributed by atoms with Crippen molar-refractivity contribution in [3.8, 4) is 0 Å². The first-order chi connectivity index (χ1) is 14.9. The first-order valence-electron chi connectivity index (χ1n) is 11.5. The minimum Gasteiger partial charge on any atom is -0.288 e. The molecule has 2 aromatic carbocycles. The summed E-state index contributed by atoms with van der Waals surface area (Å²) in [7, 11) is 0. The lowest BCUT2D eigenvalue weighted by Gasteiger charge is -2.30. The first-order valence-corrected chi connectivity index (χ1v) is 11.5. The molecule has 0 aliphatic carbocycles. The molecule has 0 spiro atoms. The smallest absolute Gasteiger partial charge is 0.288 e. The maximum absolute atomic E-state index is 14.1. The van der Waals surface area contributed by atoms with Gasteiger partial charge in [0.2, 0.25) is 5.91 Å². The lowest BCUT2D eigenvalue weighted by atomic mass is 9.91. The van der Waals surface area contributed by atoms with Crippen LogP contribution in [0.3, 0.4) is 0 Å². The van der Waals surface area contributed by atoms with Crippen LogP contribution in [0.15, 0.2) is 36.4 Å². The van der Waals surface area contributed by atoms with Gasteiger partial charge in [-0.2, -0.15) is 13.2 Å². The molecule has 2 aromatic rings. The van der Waals surface area contributed by atoms with Crippen LogP contribution in [0.1, 0.15) is 81.9 Å². The monoisotopic (exact) mass is 434 g/mol. The number of hydrogen-bond donors (Lipinski definition) is 1. The predicted octanol–water partition coefficient (Wildman–Crippen LogP) is 6.86. The fourth-order valence-electron chi connectivity index (χ4n) is 4.54. The summed E-state index contributed by atoms with van der Waals surface area (Å²) in [5, 5.41) is 2.54. The average molecular weight is 435 g/mol. The average Bonchev–Trinajstić information content (AvgIpc) is 3.14. The van der Waals surface area contributed by atoms with Gasteiger partial charge in [-0.1, -0.05) is 88.3 Å². The second-order valence-corrected chi connectivity index (χ2v) is 8.51. The number of unbranched alkanes of at least 4 members (excludes halogenated alkanes) is 7. The second-order valence-electron chi connectivity index (χ2n) is 8.51. The molecule has 170 valence electrons. The second kappa shape index (κ2) is 11.0. The van der Waals surface area contributed by atoms with E-state index in [1.165, 1.54) is 38.5 Å². The number of rotatable bonds is 11. The van der Waals surface area contributed by atoms with Crippen molar-refractivity contribution in [2.45, 2.75) is 83.4 Å². The predicted molar refractivity (Wildman–Crippen MR) is 119 cm³/mol. The Kier molecular flexibility index (Phi) is 8.35. The van der Waals surface area contributed by atoms with Crippen LogP contribution in [0, 0.1) is 0 Å². The molecule has 0 saturated carbocycles. The van der Waals surface area contributed by atoms with Crippen LogP contribution in [0.25, 0.3) is 10.8 Å². The Morgan fingerprint density at radius 2 is 1.61 bits per heavy atom. The molecule has 1 amide bonds. The van der Waals surface area contributed by atoms with E-state index in [0.717, 1.165) is 35.2 Å². The summed E-state index contributed by atoms with van der Waals surface area (Å²) in [4.78, 5) is 11.6. The van der Waals surface area contributed by atoms with Crippen LogP contribution in [0.4, 0.5) is 13.2 Å². The summed E-state index contributed by atoms with van der Waals surface area (Å²) >= 11 is 0. The maximum Gasteiger partial charge on any atom is 0.409 e. The van der Waals surface area contributed by atoms with Crippen molar-refractivity contribution in [3.63, 3.8) is 0 Å². The van der Waals surface area contributed by atoms with Crippen LogP contribution in [0.2, 0.25) is 0 Å². The van der Waals surface area contributed by atoms with Gasteiger partial charge in [0, 0.05) is 13.0 Å². The number of halogens is 3. The van der Waals surface area contributed by atoms with Gasteiger partial charge in [-0.15, -0.1) is 0 Å². The van der Waals surface area contributed by atoms with Crippen LogP contribution in [-0.2, 0) is 11.2 Å².